The minimum atomic E-state index is -0.864. The standard InChI is InChI=1S/C10H15NO2/c1-10(2,12)9-5-7-6-11-4-3-8(7)13-9/h5,11-12H,3-4,6H2,1-2H3. The van der Waals surface area contributed by atoms with Crippen LogP contribution >= 0.6 is 0 Å². The van der Waals surface area contributed by atoms with Crippen LogP contribution in [-0.2, 0) is 18.6 Å². The summed E-state index contributed by atoms with van der Waals surface area (Å²) in [5, 5.41) is 13.0. The molecule has 0 bridgehead atoms. The van der Waals surface area contributed by atoms with Crippen LogP contribution in [-0.4, -0.2) is 11.7 Å². The lowest BCUT2D eigenvalue weighted by Crippen LogP contribution is -2.22. The molecule has 1 aromatic rings. The van der Waals surface area contributed by atoms with E-state index in [9.17, 15) is 5.11 Å². The highest BCUT2D eigenvalue weighted by Crippen LogP contribution is 2.26. The summed E-state index contributed by atoms with van der Waals surface area (Å²) >= 11 is 0. The third-order valence-corrected chi connectivity index (χ3v) is 2.34. The molecule has 0 saturated heterocycles. The monoisotopic (exact) mass is 181 g/mol. The van der Waals surface area contributed by atoms with Gasteiger partial charge in [0.1, 0.15) is 17.1 Å². The molecule has 0 aromatic carbocycles. The minimum absolute atomic E-state index is 0.668. The Hall–Kier alpha value is -0.800. The van der Waals surface area contributed by atoms with Crippen LogP contribution in [0.15, 0.2) is 10.5 Å². The molecule has 2 rings (SSSR count). The zero-order chi connectivity index (χ0) is 9.47. The smallest absolute Gasteiger partial charge is 0.135 e. The molecule has 0 spiro atoms. The molecular weight excluding hydrogens is 166 g/mol. The molecule has 2 heterocycles. The quantitative estimate of drug-likeness (QED) is 0.683. The van der Waals surface area contributed by atoms with Crippen LogP contribution in [0, 0.1) is 0 Å². The first-order valence-electron chi connectivity index (χ1n) is 4.62. The lowest BCUT2D eigenvalue weighted by molar-refractivity contribution is 0.0529. The van der Waals surface area contributed by atoms with E-state index in [1.165, 1.54) is 5.56 Å². The molecule has 1 aliphatic heterocycles. The Labute approximate surface area is 77.8 Å². The van der Waals surface area contributed by atoms with Crippen LogP contribution in [0.4, 0.5) is 0 Å². The van der Waals surface area contributed by atoms with Gasteiger partial charge in [-0.15, -0.1) is 0 Å². The van der Waals surface area contributed by atoms with E-state index < -0.39 is 5.60 Å². The summed E-state index contributed by atoms with van der Waals surface area (Å²) in [6, 6.07) is 1.95. The molecule has 0 unspecified atom stereocenters. The van der Waals surface area contributed by atoms with E-state index in [4.69, 9.17) is 4.42 Å². The summed E-state index contributed by atoms with van der Waals surface area (Å²) in [5.74, 6) is 1.69. The van der Waals surface area contributed by atoms with Crippen molar-refractivity contribution in [2.24, 2.45) is 0 Å². The molecule has 2 N–H and O–H groups in total. The van der Waals surface area contributed by atoms with Crippen molar-refractivity contribution in [3.63, 3.8) is 0 Å². The third kappa shape index (κ3) is 1.62. The average molecular weight is 181 g/mol. The zero-order valence-electron chi connectivity index (χ0n) is 8.05. The largest absolute Gasteiger partial charge is 0.463 e. The Morgan fingerprint density at radius 1 is 1.54 bits per heavy atom. The Morgan fingerprint density at radius 3 is 2.92 bits per heavy atom. The van der Waals surface area contributed by atoms with Crippen molar-refractivity contribution in [1.29, 1.82) is 0 Å². The summed E-state index contributed by atoms with van der Waals surface area (Å²) in [6.07, 6.45) is 0.922. The molecule has 0 amide bonds. The number of nitrogens with one attached hydrogen (secondary N) is 1. The predicted octanol–water partition coefficient (Wildman–Crippen LogP) is 1.15. The minimum Gasteiger partial charge on any atom is -0.463 e. The van der Waals surface area contributed by atoms with Gasteiger partial charge in [0.2, 0.25) is 0 Å². The van der Waals surface area contributed by atoms with Crippen LogP contribution in [0.1, 0.15) is 30.9 Å². The van der Waals surface area contributed by atoms with E-state index in [1.54, 1.807) is 13.8 Å². The number of furan rings is 1. The maximum absolute atomic E-state index is 9.72. The Bertz CT molecular complexity index is 286. The number of hydrogen-bond donors (Lipinski definition) is 2. The first-order chi connectivity index (χ1) is 6.07. The van der Waals surface area contributed by atoms with E-state index in [0.29, 0.717) is 5.76 Å². The van der Waals surface area contributed by atoms with Gasteiger partial charge >= 0.3 is 0 Å². The van der Waals surface area contributed by atoms with E-state index in [2.05, 4.69) is 5.32 Å². The van der Waals surface area contributed by atoms with Crippen molar-refractivity contribution >= 4 is 0 Å². The first kappa shape index (κ1) is 8.78. The molecule has 0 fully saturated rings. The highest BCUT2D eigenvalue weighted by atomic mass is 16.4. The molecule has 13 heavy (non-hydrogen) atoms. The Morgan fingerprint density at radius 2 is 2.31 bits per heavy atom. The molecule has 72 valence electrons. The van der Waals surface area contributed by atoms with Gasteiger partial charge in [-0.25, -0.2) is 0 Å². The van der Waals surface area contributed by atoms with Gasteiger partial charge in [0.15, 0.2) is 0 Å². The highest BCUT2D eigenvalue weighted by molar-refractivity contribution is 5.26. The van der Waals surface area contributed by atoms with E-state index in [0.717, 1.165) is 25.3 Å². The van der Waals surface area contributed by atoms with Gasteiger partial charge in [-0.05, 0) is 19.9 Å². The summed E-state index contributed by atoms with van der Waals surface area (Å²) in [4.78, 5) is 0. The topological polar surface area (TPSA) is 45.4 Å². The predicted molar refractivity (Wildman–Crippen MR) is 49.4 cm³/mol. The second-order valence-corrected chi connectivity index (χ2v) is 4.04. The number of fused-ring (bicyclic) bond motifs is 1. The second-order valence-electron chi connectivity index (χ2n) is 4.04. The van der Waals surface area contributed by atoms with Gasteiger partial charge in [0.05, 0.1) is 0 Å². The van der Waals surface area contributed by atoms with E-state index in [-0.39, 0.29) is 0 Å². The average Bonchev–Trinajstić information content (AvgIpc) is 2.45. The lowest BCUT2D eigenvalue weighted by atomic mass is 10.1. The van der Waals surface area contributed by atoms with E-state index in [1.807, 2.05) is 6.07 Å². The van der Waals surface area contributed by atoms with Gasteiger partial charge in [0.25, 0.3) is 0 Å². The van der Waals surface area contributed by atoms with Crippen LogP contribution in [0.5, 0.6) is 0 Å². The van der Waals surface area contributed by atoms with Gasteiger partial charge in [-0.2, -0.15) is 0 Å². The Balaban J connectivity index is 2.36. The second kappa shape index (κ2) is 2.86. The normalized spacial score (nSPS) is 17.2. The van der Waals surface area contributed by atoms with Crippen molar-refractivity contribution in [2.75, 3.05) is 6.54 Å². The molecule has 3 heteroatoms. The van der Waals surface area contributed by atoms with Gasteiger partial charge in [-0.1, -0.05) is 0 Å². The molecule has 3 nitrogen and oxygen atoms in total. The summed E-state index contributed by atoms with van der Waals surface area (Å²) in [6.45, 7) is 5.30. The van der Waals surface area contributed by atoms with Gasteiger partial charge in [-0.3, -0.25) is 0 Å². The van der Waals surface area contributed by atoms with Crippen molar-refractivity contribution in [2.45, 2.75) is 32.4 Å². The molecule has 1 aromatic heterocycles. The highest BCUT2D eigenvalue weighted by Gasteiger charge is 2.24. The fourth-order valence-corrected chi connectivity index (χ4v) is 1.55. The number of rotatable bonds is 1. The summed E-state index contributed by atoms with van der Waals surface area (Å²) in [5.41, 5.74) is 0.320. The molecular formula is C10H15NO2. The lowest BCUT2D eigenvalue weighted by Gasteiger charge is -2.12. The fraction of sp³-hybridized carbons (Fsp3) is 0.600. The van der Waals surface area contributed by atoms with Crippen LogP contribution in [0.2, 0.25) is 0 Å². The van der Waals surface area contributed by atoms with Crippen LogP contribution < -0.4 is 5.32 Å². The zero-order valence-corrected chi connectivity index (χ0v) is 8.05. The van der Waals surface area contributed by atoms with Crippen LogP contribution in [0.25, 0.3) is 0 Å². The molecule has 1 aliphatic rings. The Kier molecular flexibility index (Phi) is 1.93. The maximum atomic E-state index is 9.72. The van der Waals surface area contributed by atoms with E-state index >= 15 is 0 Å². The molecule has 0 aliphatic carbocycles. The van der Waals surface area contributed by atoms with Crippen molar-refractivity contribution in [3.8, 4) is 0 Å². The fourth-order valence-electron chi connectivity index (χ4n) is 1.55. The first-order valence-corrected chi connectivity index (χ1v) is 4.62. The molecule has 0 radical (unpaired) electrons. The number of hydrogen-bond acceptors (Lipinski definition) is 3. The van der Waals surface area contributed by atoms with Crippen molar-refractivity contribution in [1.82, 2.24) is 5.32 Å². The maximum Gasteiger partial charge on any atom is 0.135 e. The third-order valence-electron chi connectivity index (χ3n) is 2.34. The van der Waals surface area contributed by atoms with Crippen LogP contribution in [0.3, 0.4) is 0 Å². The van der Waals surface area contributed by atoms with Gasteiger partial charge in [0, 0.05) is 25.1 Å². The molecule has 0 saturated carbocycles. The van der Waals surface area contributed by atoms with Crippen molar-refractivity contribution in [3.05, 3.63) is 23.2 Å². The SMILES string of the molecule is CC(C)(O)c1cc2c(o1)CCNC2. The summed E-state index contributed by atoms with van der Waals surface area (Å²) < 4.78 is 5.58. The molecule has 0 atom stereocenters. The number of aliphatic hydroxyl groups is 1. The van der Waals surface area contributed by atoms with Gasteiger partial charge < -0.3 is 14.8 Å². The van der Waals surface area contributed by atoms with Crippen molar-refractivity contribution < 1.29 is 9.52 Å². The summed E-state index contributed by atoms with van der Waals surface area (Å²) in [7, 11) is 0.